The molecule has 3 rings (SSSR count). The number of benzene rings is 2. The second kappa shape index (κ2) is 6.91. The Bertz CT molecular complexity index is 832. The van der Waals surface area contributed by atoms with E-state index in [9.17, 15) is 14.4 Å². The first-order valence-electron chi connectivity index (χ1n) is 7.29. The zero-order valence-electron chi connectivity index (χ0n) is 13.0. The smallest absolute Gasteiger partial charge is 0.338 e. The molecule has 1 heterocycles. The number of esters is 1. The largest absolute Gasteiger partial charge is 0.454 e. The number of rotatable bonds is 5. The highest BCUT2D eigenvalue weighted by atomic mass is 16.7. The van der Waals surface area contributed by atoms with Crippen molar-refractivity contribution in [3.05, 3.63) is 53.6 Å². The number of anilines is 1. The van der Waals surface area contributed by atoms with Crippen LogP contribution in [0.5, 0.6) is 11.5 Å². The van der Waals surface area contributed by atoms with Gasteiger partial charge in [-0.05, 0) is 42.5 Å². The van der Waals surface area contributed by atoms with Gasteiger partial charge in [-0.2, -0.15) is 0 Å². The van der Waals surface area contributed by atoms with Crippen LogP contribution in [0, 0.1) is 0 Å². The number of carbonyl (C=O) groups is 3. The first-order chi connectivity index (χ1) is 12.0. The summed E-state index contributed by atoms with van der Waals surface area (Å²) in [7, 11) is 0. The van der Waals surface area contributed by atoms with Crippen molar-refractivity contribution in [3.63, 3.8) is 0 Å². The van der Waals surface area contributed by atoms with Crippen molar-refractivity contribution in [3.8, 4) is 11.5 Å². The summed E-state index contributed by atoms with van der Waals surface area (Å²) in [5.74, 6) is -0.726. The maximum atomic E-state index is 12.0. The molecule has 1 aliphatic rings. The molecule has 25 heavy (non-hydrogen) atoms. The zero-order chi connectivity index (χ0) is 17.8. The van der Waals surface area contributed by atoms with Gasteiger partial charge in [-0.1, -0.05) is 0 Å². The van der Waals surface area contributed by atoms with E-state index in [0.29, 0.717) is 22.7 Å². The molecule has 8 heteroatoms. The Morgan fingerprint density at radius 2 is 1.68 bits per heavy atom. The van der Waals surface area contributed by atoms with Gasteiger partial charge >= 0.3 is 5.97 Å². The molecule has 128 valence electrons. The van der Waals surface area contributed by atoms with E-state index in [0.717, 1.165) is 0 Å². The topological polar surface area (TPSA) is 117 Å². The standard InChI is InChI=1S/C17H14N2O6/c18-16(21)10-1-4-12(5-2-10)19-15(20)8-23-17(22)11-3-6-13-14(7-11)25-9-24-13/h1-7H,8-9H2,(H2,18,21)(H,19,20). The van der Waals surface area contributed by atoms with Gasteiger partial charge in [0.1, 0.15) is 0 Å². The van der Waals surface area contributed by atoms with Crippen molar-refractivity contribution in [2.24, 2.45) is 5.73 Å². The summed E-state index contributed by atoms with van der Waals surface area (Å²) in [6.07, 6.45) is 0. The number of hydrogen-bond acceptors (Lipinski definition) is 6. The fourth-order valence-electron chi connectivity index (χ4n) is 2.15. The van der Waals surface area contributed by atoms with E-state index in [-0.39, 0.29) is 12.4 Å². The molecule has 0 saturated carbocycles. The molecule has 0 aliphatic carbocycles. The summed E-state index contributed by atoms with van der Waals surface area (Å²) in [5.41, 5.74) is 6.17. The van der Waals surface area contributed by atoms with Gasteiger partial charge in [0.15, 0.2) is 18.1 Å². The summed E-state index contributed by atoms with van der Waals surface area (Å²) in [6, 6.07) is 10.6. The van der Waals surface area contributed by atoms with Crippen LogP contribution in [0.2, 0.25) is 0 Å². The summed E-state index contributed by atoms with van der Waals surface area (Å²) < 4.78 is 15.3. The molecule has 1 aliphatic heterocycles. The second-order valence-corrected chi connectivity index (χ2v) is 5.13. The number of fused-ring (bicyclic) bond motifs is 1. The third kappa shape index (κ3) is 3.86. The Morgan fingerprint density at radius 3 is 2.40 bits per heavy atom. The van der Waals surface area contributed by atoms with E-state index in [4.69, 9.17) is 19.9 Å². The number of nitrogens with two attached hydrogens (primary N) is 1. The highest BCUT2D eigenvalue weighted by Gasteiger charge is 2.17. The lowest BCUT2D eigenvalue weighted by Gasteiger charge is -2.07. The second-order valence-electron chi connectivity index (χ2n) is 5.13. The van der Waals surface area contributed by atoms with Crippen LogP contribution >= 0.6 is 0 Å². The Morgan fingerprint density at radius 1 is 1.00 bits per heavy atom. The highest BCUT2D eigenvalue weighted by molar-refractivity contribution is 5.97. The molecular weight excluding hydrogens is 328 g/mol. The minimum absolute atomic E-state index is 0.102. The van der Waals surface area contributed by atoms with Gasteiger partial charge in [0.2, 0.25) is 12.7 Å². The number of primary amides is 1. The van der Waals surface area contributed by atoms with Crippen molar-refractivity contribution < 1.29 is 28.6 Å². The molecule has 0 fully saturated rings. The predicted molar refractivity (Wildman–Crippen MR) is 86.4 cm³/mol. The predicted octanol–water partition coefficient (Wildman–Crippen LogP) is 1.31. The average Bonchev–Trinajstić information content (AvgIpc) is 3.07. The fourth-order valence-corrected chi connectivity index (χ4v) is 2.15. The molecule has 2 aromatic rings. The summed E-state index contributed by atoms with van der Waals surface area (Å²) in [4.78, 5) is 34.8. The van der Waals surface area contributed by atoms with Crippen LogP contribution in [0.15, 0.2) is 42.5 Å². The third-order valence-corrected chi connectivity index (χ3v) is 3.40. The van der Waals surface area contributed by atoms with Crippen LogP contribution in [0.3, 0.4) is 0 Å². The molecule has 0 saturated heterocycles. The maximum absolute atomic E-state index is 12.0. The van der Waals surface area contributed by atoms with Crippen LogP contribution in [0.4, 0.5) is 5.69 Å². The number of carbonyl (C=O) groups excluding carboxylic acids is 3. The molecule has 0 bridgehead atoms. The first-order valence-corrected chi connectivity index (χ1v) is 7.29. The van der Waals surface area contributed by atoms with Gasteiger partial charge in [0, 0.05) is 11.3 Å². The van der Waals surface area contributed by atoms with Crippen LogP contribution in [-0.2, 0) is 9.53 Å². The molecule has 0 spiro atoms. The van der Waals surface area contributed by atoms with Crippen LogP contribution in [-0.4, -0.2) is 31.2 Å². The van der Waals surface area contributed by atoms with E-state index >= 15 is 0 Å². The number of ether oxygens (including phenoxy) is 3. The molecule has 0 radical (unpaired) electrons. The van der Waals surface area contributed by atoms with E-state index in [2.05, 4.69) is 5.32 Å². The van der Waals surface area contributed by atoms with Gasteiger partial charge in [-0.15, -0.1) is 0 Å². The van der Waals surface area contributed by atoms with Gasteiger partial charge in [0.05, 0.1) is 5.56 Å². The van der Waals surface area contributed by atoms with Crippen molar-refractivity contribution in [2.45, 2.75) is 0 Å². The summed E-state index contributed by atoms with van der Waals surface area (Å²) >= 11 is 0. The molecule has 0 atom stereocenters. The van der Waals surface area contributed by atoms with Gasteiger partial charge in [-0.3, -0.25) is 9.59 Å². The third-order valence-electron chi connectivity index (χ3n) is 3.40. The maximum Gasteiger partial charge on any atom is 0.338 e. The minimum atomic E-state index is -0.655. The number of hydrogen-bond donors (Lipinski definition) is 2. The van der Waals surface area contributed by atoms with Crippen LogP contribution < -0.4 is 20.5 Å². The number of nitrogens with one attached hydrogen (secondary N) is 1. The van der Waals surface area contributed by atoms with E-state index < -0.39 is 24.4 Å². The van der Waals surface area contributed by atoms with Gasteiger partial charge in [-0.25, -0.2) is 4.79 Å². The van der Waals surface area contributed by atoms with Gasteiger partial charge < -0.3 is 25.3 Å². The molecule has 0 unspecified atom stereocenters. The Balaban J connectivity index is 1.53. The Labute approximate surface area is 142 Å². The van der Waals surface area contributed by atoms with Crippen LogP contribution in [0.25, 0.3) is 0 Å². The van der Waals surface area contributed by atoms with E-state index in [1.807, 2.05) is 0 Å². The lowest BCUT2D eigenvalue weighted by Crippen LogP contribution is -2.21. The number of amides is 2. The SMILES string of the molecule is NC(=O)c1ccc(NC(=O)COC(=O)c2ccc3c(c2)OCO3)cc1. The average molecular weight is 342 g/mol. The molecule has 0 aromatic heterocycles. The monoisotopic (exact) mass is 342 g/mol. The van der Waals surface area contributed by atoms with Crippen molar-refractivity contribution in [1.29, 1.82) is 0 Å². The Kier molecular flexibility index (Phi) is 4.51. The van der Waals surface area contributed by atoms with E-state index in [1.165, 1.54) is 36.4 Å². The van der Waals surface area contributed by atoms with E-state index in [1.54, 1.807) is 6.07 Å². The summed E-state index contributed by atoms with van der Waals surface area (Å²) in [5, 5.41) is 2.54. The molecular formula is C17H14N2O6. The normalized spacial score (nSPS) is 11.7. The molecule has 3 N–H and O–H groups in total. The lowest BCUT2D eigenvalue weighted by atomic mass is 10.2. The molecule has 8 nitrogen and oxygen atoms in total. The van der Waals surface area contributed by atoms with Crippen molar-refractivity contribution >= 4 is 23.5 Å². The van der Waals surface area contributed by atoms with Gasteiger partial charge in [0.25, 0.3) is 5.91 Å². The zero-order valence-corrected chi connectivity index (χ0v) is 13.0. The highest BCUT2D eigenvalue weighted by Crippen LogP contribution is 2.32. The molecule has 2 aromatic carbocycles. The van der Waals surface area contributed by atoms with Crippen molar-refractivity contribution in [2.75, 3.05) is 18.7 Å². The van der Waals surface area contributed by atoms with Crippen LogP contribution in [0.1, 0.15) is 20.7 Å². The fraction of sp³-hybridized carbons (Fsp3) is 0.118. The summed E-state index contributed by atoms with van der Waals surface area (Å²) in [6.45, 7) is -0.352. The minimum Gasteiger partial charge on any atom is -0.454 e. The quantitative estimate of drug-likeness (QED) is 0.791. The Hall–Kier alpha value is -3.55. The first kappa shape index (κ1) is 16.3. The van der Waals surface area contributed by atoms with Crippen molar-refractivity contribution in [1.82, 2.24) is 0 Å². The lowest BCUT2D eigenvalue weighted by molar-refractivity contribution is -0.119. The molecule has 2 amide bonds.